The number of hydrogen-bond acceptors (Lipinski definition) is 4. The van der Waals surface area contributed by atoms with E-state index in [2.05, 4.69) is 15.2 Å². The van der Waals surface area contributed by atoms with Gasteiger partial charge in [0.25, 0.3) is 0 Å². The lowest BCUT2D eigenvalue weighted by atomic mass is 10.3. The largest absolute Gasteiger partial charge is 0.384 e. The number of hydrogen-bond donors (Lipinski definition) is 2. The topological polar surface area (TPSA) is 71.2 Å². The van der Waals surface area contributed by atoms with Crippen LogP contribution in [0.2, 0.25) is 5.02 Å². The molecule has 1 aliphatic rings. The van der Waals surface area contributed by atoms with Gasteiger partial charge in [0.15, 0.2) is 0 Å². The molecule has 92 valence electrons. The normalized spacial score (nSPS) is 17.6. The minimum absolute atomic E-state index is 0.0964. The first kappa shape index (κ1) is 12.1. The first-order valence-electron chi connectivity index (χ1n) is 5.55. The Morgan fingerprint density at radius 2 is 2.29 bits per heavy atom. The first-order chi connectivity index (χ1) is 8.15. The van der Waals surface area contributed by atoms with E-state index >= 15 is 0 Å². The number of anilines is 1. The molecular weight excluding hydrogens is 240 g/mol. The second-order valence-electron chi connectivity index (χ2n) is 4.04. The zero-order chi connectivity index (χ0) is 12.3. The minimum atomic E-state index is 0.0964. The van der Waals surface area contributed by atoms with Gasteiger partial charge in [-0.05, 0) is 12.1 Å². The van der Waals surface area contributed by atoms with Crippen LogP contribution in [0.5, 0.6) is 0 Å². The van der Waals surface area contributed by atoms with Crippen molar-refractivity contribution in [1.82, 2.24) is 15.2 Å². The zero-order valence-corrected chi connectivity index (χ0v) is 10.2. The van der Waals surface area contributed by atoms with Crippen LogP contribution in [0, 0.1) is 0 Å². The molecule has 5 nitrogen and oxygen atoms in total. The lowest BCUT2D eigenvalue weighted by molar-refractivity contribution is -0.120. The molecule has 1 amide bonds. The number of nitrogens with two attached hydrogens (primary N) is 1. The van der Waals surface area contributed by atoms with Crippen LogP contribution >= 0.6 is 11.6 Å². The smallest absolute Gasteiger partial charge is 0.221 e. The number of carbonyl (C=O) groups is 1. The first-order valence-corrected chi connectivity index (χ1v) is 5.93. The van der Waals surface area contributed by atoms with Crippen molar-refractivity contribution in [3.05, 3.63) is 22.8 Å². The van der Waals surface area contributed by atoms with Gasteiger partial charge < -0.3 is 11.1 Å². The standard InChI is InChI=1S/C11H15ClN4O/c12-8-1-2-10(13)15-9(8)7-16-5-3-11(17)14-4-6-16/h1-2H,3-7H2,(H2,13,15)(H,14,17). The summed E-state index contributed by atoms with van der Waals surface area (Å²) in [5, 5.41) is 3.44. The van der Waals surface area contributed by atoms with E-state index in [4.69, 9.17) is 17.3 Å². The molecule has 6 heteroatoms. The van der Waals surface area contributed by atoms with Crippen molar-refractivity contribution in [2.45, 2.75) is 13.0 Å². The lowest BCUT2D eigenvalue weighted by Gasteiger charge is -2.19. The van der Waals surface area contributed by atoms with E-state index < -0.39 is 0 Å². The Balaban J connectivity index is 2.04. The number of pyridine rings is 1. The van der Waals surface area contributed by atoms with Crippen molar-refractivity contribution in [2.75, 3.05) is 25.4 Å². The third kappa shape index (κ3) is 3.31. The third-order valence-electron chi connectivity index (χ3n) is 2.72. The van der Waals surface area contributed by atoms with Crippen LogP contribution in [0.1, 0.15) is 12.1 Å². The maximum absolute atomic E-state index is 11.2. The van der Waals surface area contributed by atoms with Gasteiger partial charge in [-0.15, -0.1) is 0 Å². The van der Waals surface area contributed by atoms with E-state index in [1.165, 1.54) is 0 Å². The molecule has 0 aromatic carbocycles. The number of nitrogens with zero attached hydrogens (tertiary/aromatic N) is 2. The van der Waals surface area contributed by atoms with E-state index in [-0.39, 0.29) is 5.91 Å². The number of halogens is 1. The van der Waals surface area contributed by atoms with Crippen molar-refractivity contribution in [3.8, 4) is 0 Å². The predicted molar refractivity (Wildman–Crippen MR) is 66.6 cm³/mol. The fourth-order valence-corrected chi connectivity index (χ4v) is 1.96. The molecule has 1 aliphatic heterocycles. The molecule has 2 rings (SSSR count). The molecule has 2 heterocycles. The average Bonchev–Trinajstić information content (AvgIpc) is 2.49. The maximum Gasteiger partial charge on any atom is 0.221 e. The van der Waals surface area contributed by atoms with E-state index in [1.54, 1.807) is 12.1 Å². The molecule has 1 saturated heterocycles. The average molecular weight is 255 g/mol. The fraction of sp³-hybridized carbons (Fsp3) is 0.455. The van der Waals surface area contributed by atoms with Gasteiger partial charge in [-0.1, -0.05) is 11.6 Å². The molecule has 1 aromatic heterocycles. The van der Waals surface area contributed by atoms with Gasteiger partial charge in [-0.3, -0.25) is 9.69 Å². The van der Waals surface area contributed by atoms with Gasteiger partial charge in [-0.2, -0.15) is 0 Å². The molecule has 0 aliphatic carbocycles. The zero-order valence-electron chi connectivity index (χ0n) is 9.45. The molecule has 0 atom stereocenters. The Kier molecular flexibility index (Phi) is 3.81. The summed E-state index contributed by atoms with van der Waals surface area (Å²) >= 11 is 6.06. The molecule has 1 aromatic rings. The molecule has 1 fully saturated rings. The number of nitrogens with one attached hydrogen (secondary N) is 1. The summed E-state index contributed by atoms with van der Waals surface area (Å²) in [6.07, 6.45) is 0.514. The monoisotopic (exact) mass is 254 g/mol. The van der Waals surface area contributed by atoms with Gasteiger partial charge in [0.1, 0.15) is 5.82 Å². The molecule has 0 bridgehead atoms. The highest BCUT2D eigenvalue weighted by Gasteiger charge is 2.15. The molecule has 0 spiro atoms. The highest BCUT2D eigenvalue weighted by atomic mass is 35.5. The molecular formula is C11H15ClN4O. The summed E-state index contributed by atoms with van der Waals surface area (Å²) in [5.41, 5.74) is 6.40. The van der Waals surface area contributed by atoms with Crippen LogP contribution < -0.4 is 11.1 Å². The van der Waals surface area contributed by atoms with Gasteiger partial charge >= 0.3 is 0 Å². The summed E-state index contributed by atoms with van der Waals surface area (Å²) in [7, 11) is 0. The van der Waals surface area contributed by atoms with Crippen molar-refractivity contribution >= 4 is 23.3 Å². The van der Waals surface area contributed by atoms with E-state index in [9.17, 15) is 4.79 Å². The number of aromatic nitrogens is 1. The fourth-order valence-electron chi connectivity index (χ4n) is 1.80. The van der Waals surface area contributed by atoms with Crippen LogP contribution in [0.4, 0.5) is 5.82 Å². The highest BCUT2D eigenvalue weighted by molar-refractivity contribution is 6.31. The van der Waals surface area contributed by atoms with Crippen LogP contribution in [-0.4, -0.2) is 35.4 Å². The van der Waals surface area contributed by atoms with Crippen LogP contribution in [0.3, 0.4) is 0 Å². The number of amides is 1. The van der Waals surface area contributed by atoms with Crippen LogP contribution in [0.15, 0.2) is 12.1 Å². The van der Waals surface area contributed by atoms with Gasteiger partial charge in [0.2, 0.25) is 5.91 Å². The summed E-state index contributed by atoms with van der Waals surface area (Å²) in [5.74, 6) is 0.563. The lowest BCUT2D eigenvalue weighted by Crippen LogP contribution is -2.28. The Morgan fingerprint density at radius 1 is 1.47 bits per heavy atom. The quantitative estimate of drug-likeness (QED) is 0.813. The van der Waals surface area contributed by atoms with E-state index in [0.717, 1.165) is 18.8 Å². The molecule has 0 unspecified atom stereocenters. The Morgan fingerprint density at radius 3 is 3.12 bits per heavy atom. The predicted octanol–water partition coefficient (Wildman–Crippen LogP) is 0.639. The van der Waals surface area contributed by atoms with Gasteiger partial charge in [0, 0.05) is 32.6 Å². The third-order valence-corrected chi connectivity index (χ3v) is 3.06. The number of rotatable bonds is 2. The summed E-state index contributed by atoms with van der Waals surface area (Å²) in [6.45, 7) is 2.81. The number of carbonyl (C=O) groups excluding carboxylic acids is 1. The molecule has 3 N–H and O–H groups in total. The molecule has 17 heavy (non-hydrogen) atoms. The summed E-state index contributed by atoms with van der Waals surface area (Å²) in [6, 6.07) is 3.43. The minimum Gasteiger partial charge on any atom is -0.384 e. The maximum atomic E-state index is 11.2. The van der Waals surface area contributed by atoms with Crippen molar-refractivity contribution in [3.63, 3.8) is 0 Å². The van der Waals surface area contributed by atoms with E-state index in [1.807, 2.05) is 0 Å². The molecule has 0 radical (unpaired) electrons. The molecule has 0 saturated carbocycles. The van der Waals surface area contributed by atoms with Crippen molar-refractivity contribution < 1.29 is 4.79 Å². The Bertz CT molecular complexity index is 424. The second kappa shape index (κ2) is 5.33. The second-order valence-corrected chi connectivity index (χ2v) is 4.45. The van der Waals surface area contributed by atoms with Crippen molar-refractivity contribution in [2.24, 2.45) is 0 Å². The Hall–Kier alpha value is -1.33. The SMILES string of the molecule is Nc1ccc(Cl)c(CN2CCNC(=O)CC2)n1. The van der Waals surface area contributed by atoms with E-state index in [0.29, 0.717) is 30.4 Å². The Labute approximate surface area is 105 Å². The number of nitrogen functional groups attached to an aromatic ring is 1. The summed E-state index contributed by atoms with van der Waals surface area (Å²) in [4.78, 5) is 17.6. The van der Waals surface area contributed by atoms with Crippen LogP contribution in [0.25, 0.3) is 0 Å². The van der Waals surface area contributed by atoms with Gasteiger partial charge in [0.05, 0.1) is 10.7 Å². The van der Waals surface area contributed by atoms with Crippen LogP contribution in [-0.2, 0) is 11.3 Å². The highest BCUT2D eigenvalue weighted by Crippen LogP contribution is 2.17. The summed E-state index contributed by atoms with van der Waals surface area (Å²) < 4.78 is 0. The van der Waals surface area contributed by atoms with Crippen molar-refractivity contribution in [1.29, 1.82) is 0 Å². The van der Waals surface area contributed by atoms with Gasteiger partial charge in [-0.25, -0.2) is 4.98 Å².